The third kappa shape index (κ3) is 7.59. The van der Waals surface area contributed by atoms with Crippen LogP contribution in [-0.2, 0) is 26.2 Å². The molecule has 2 aromatic rings. The molecular weight excluding hydrogens is 509 g/mol. The molecule has 2 aromatic carbocycles. The Kier molecular flexibility index (Phi) is 10.4. The van der Waals surface area contributed by atoms with Gasteiger partial charge in [0.25, 0.3) is 0 Å². The van der Waals surface area contributed by atoms with Crippen molar-refractivity contribution < 1.29 is 18.0 Å². The second kappa shape index (κ2) is 12.6. The molecule has 0 saturated carbocycles. The Hall–Kier alpha value is -2.29. The molecule has 192 valence electrons. The number of amides is 2. The van der Waals surface area contributed by atoms with E-state index < -0.39 is 28.5 Å². The highest BCUT2D eigenvalue weighted by Crippen LogP contribution is 2.27. The number of hydrogen-bond acceptors (Lipinski definition) is 4. The summed E-state index contributed by atoms with van der Waals surface area (Å²) in [6, 6.07) is 9.41. The summed E-state index contributed by atoms with van der Waals surface area (Å²) < 4.78 is 26.6. The van der Waals surface area contributed by atoms with Crippen LogP contribution in [0.2, 0.25) is 10.0 Å². The Morgan fingerprint density at radius 3 is 2.34 bits per heavy atom. The van der Waals surface area contributed by atoms with Crippen molar-refractivity contribution in [2.45, 2.75) is 53.1 Å². The van der Waals surface area contributed by atoms with Crippen LogP contribution in [0.4, 0.5) is 5.69 Å². The summed E-state index contributed by atoms with van der Waals surface area (Å²) in [4.78, 5) is 28.1. The molecule has 7 nitrogen and oxygen atoms in total. The maximum absolute atomic E-state index is 13.7. The van der Waals surface area contributed by atoms with Crippen LogP contribution in [0.1, 0.15) is 43.4 Å². The summed E-state index contributed by atoms with van der Waals surface area (Å²) >= 11 is 12.4. The van der Waals surface area contributed by atoms with Gasteiger partial charge in [0, 0.05) is 23.1 Å². The van der Waals surface area contributed by atoms with Gasteiger partial charge in [-0.1, -0.05) is 55.2 Å². The first-order valence-corrected chi connectivity index (χ1v) is 14.1. The normalized spacial score (nSPS) is 12.2. The number of hydrogen-bond donors (Lipinski definition) is 1. The molecule has 2 rings (SSSR count). The monoisotopic (exact) mass is 541 g/mol. The first-order chi connectivity index (χ1) is 16.4. The fraction of sp³-hybridized carbons (Fsp3) is 0.440. The van der Waals surface area contributed by atoms with Gasteiger partial charge < -0.3 is 10.2 Å². The van der Waals surface area contributed by atoms with E-state index in [1.165, 1.54) is 4.90 Å². The molecule has 0 aliphatic carbocycles. The third-order valence-corrected chi connectivity index (χ3v) is 7.53. The zero-order valence-corrected chi connectivity index (χ0v) is 23.1. The van der Waals surface area contributed by atoms with Crippen molar-refractivity contribution in [3.8, 4) is 0 Å². The Labute approximate surface area is 218 Å². The predicted octanol–water partition coefficient (Wildman–Crippen LogP) is 4.71. The molecule has 35 heavy (non-hydrogen) atoms. The molecule has 10 heteroatoms. The Bertz CT molecular complexity index is 1170. The smallest absolute Gasteiger partial charge is 0.244 e. The van der Waals surface area contributed by atoms with Gasteiger partial charge in [-0.15, -0.1) is 0 Å². The number of carbonyl (C=O) groups is 2. The fourth-order valence-corrected chi connectivity index (χ4v) is 5.09. The summed E-state index contributed by atoms with van der Waals surface area (Å²) in [5, 5.41) is 3.64. The van der Waals surface area contributed by atoms with E-state index in [1.54, 1.807) is 37.3 Å². The van der Waals surface area contributed by atoms with E-state index in [9.17, 15) is 18.0 Å². The summed E-state index contributed by atoms with van der Waals surface area (Å²) in [6.07, 6.45) is 2.15. The van der Waals surface area contributed by atoms with Crippen LogP contribution in [0.15, 0.2) is 36.4 Å². The molecule has 2 amide bonds. The van der Waals surface area contributed by atoms with Crippen LogP contribution in [0, 0.1) is 13.8 Å². The van der Waals surface area contributed by atoms with E-state index in [1.807, 2.05) is 26.8 Å². The Morgan fingerprint density at radius 2 is 1.77 bits per heavy atom. The van der Waals surface area contributed by atoms with Crippen molar-refractivity contribution >= 4 is 50.7 Å². The summed E-state index contributed by atoms with van der Waals surface area (Å²) in [5.41, 5.74) is 2.68. The number of anilines is 1. The molecule has 0 aliphatic rings. The lowest BCUT2D eigenvalue weighted by Crippen LogP contribution is -2.52. The minimum Gasteiger partial charge on any atom is -0.354 e. The lowest BCUT2D eigenvalue weighted by molar-refractivity contribution is -0.140. The van der Waals surface area contributed by atoms with Crippen molar-refractivity contribution in [1.82, 2.24) is 10.2 Å². The fourth-order valence-electron chi connectivity index (χ4n) is 3.72. The summed E-state index contributed by atoms with van der Waals surface area (Å²) in [7, 11) is -3.80. The molecule has 1 unspecified atom stereocenters. The molecule has 0 aliphatic heterocycles. The number of aryl methyl sites for hydroxylation is 1. The largest absolute Gasteiger partial charge is 0.354 e. The van der Waals surface area contributed by atoms with Crippen LogP contribution in [0.25, 0.3) is 0 Å². The molecule has 0 bridgehead atoms. The molecule has 0 spiro atoms. The average Bonchev–Trinajstić information content (AvgIpc) is 2.78. The van der Waals surface area contributed by atoms with Gasteiger partial charge in [-0.2, -0.15) is 0 Å². The Morgan fingerprint density at radius 1 is 1.09 bits per heavy atom. The molecule has 0 radical (unpaired) electrons. The zero-order chi connectivity index (χ0) is 26.3. The van der Waals surface area contributed by atoms with Crippen LogP contribution < -0.4 is 9.62 Å². The summed E-state index contributed by atoms with van der Waals surface area (Å²) in [5.74, 6) is -0.814. The van der Waals surface area contributed by atoms with E-state index in [4.69, 9.17) is 23.2 Å². The summed E-state index contributed by atoms with van der Waals surface area (Å²) in [6.45, 7) is 7.47. The highest BCUT2D eigenvalue weighted by atomic mass is 35.5. The van der Waals surface area contributed by atoms with Crippen LogP contribution in [0.3, 0.4) is 0 Å². The van der Waals surface area contributed by atoms with Gasteiger partial charge in [0.05, 0.1) is 11.9 Å². The number of benzene rings is 2. The van der Waals surface area contributed by atoms with Gasteiger partial charge in [-0.05, 0) is 61.6 Å². The van der Waals surface area contributed by atoms with E-state index in [-0.39, 0.29) is 12.5 Å². The topological polar surface area (TPSA) is 86.8 Å². The van der Waals surface area contributed by atoms with E-state index >= 15 is 0 Å². The minimum absolute atomic E-state index is 0.0251. The third-order valence-electron chi connectivity index (χ3n) is 5.81. The number of nitrogens with zero attached hydrogens (tertiary/aromatic N) is 2. The number of nitrogens with one attached hydrogen (secondary N) is 1. The van der Waals surface area contributed by atoms with Crippen molar-refractivity contribution in [2.75, 3.05) is 23.7 Å². The van der Waals surface area contributed by atoms with Crippen LogP contribution in [-0.4, -0.2) is 50.5 Å². The minimum atomic E-state index is -3.80. The number of halogens is 2. The van der Waals surface area contributed by atoms with Crippen molar-refractivity contribution in [2.24, 2.45) is 0 Å². The van der Waals surface area contributed by atoms with Gasteiger partial charge in [0.1, 0.15) is 12.6 Å². The molecule has 0 heterocycles. The second-order valence-corrected chi connectivity index (χ2v) is 11.2. The SMILES string of the molecule is CCCNC(=O)C(CC)N(Cc1ccc(Cl)cc1Cl)C(=O)CN(c1cccc(C)c1C)S(C)(=O)=O. The predicted molar refractivity (Wildman–Crippen MR) is 142 cm³/mol. The van der Waals surface area contributed by atoms with Gasteiger partial charge in [0.2, 0.25) is 21.8 Å². The van der Waals surface area contributed by atoms with Crippen LogP contribution >= 0.6 is 23.2 Å². The maximum atomic E-state index is 13.7. The number of rotatable bonds is 11. The molecule has 1 atom stereocenters. The highest BCUT2D eigenvalue weighted by Gasteiger charge is 2.32. The van der Waals surface area contributed by atoms with E-state index in [0.717, 1.165) is 28.1 Å². The Balaban J connectivity index is 2.50. The van der Waals surface area contributed by atoms with Crippen molar-refractivity contribution in [1.29, 1.82) is 0 Å². The van der Waals surface area contributed by atoms with Gasteiger partial charge in [-0.25, -0.2) is 8.42 Å². The first kappa shape index (κ1) is 28.9. The molecular formula is C25H33Cl2N3O4S. The van der Waals surface area contributed by atoms with Crippen molar-refractivity contribution in [3.63, 3.8) is 0 Å². The lowest BCUT2D eigenvalue weighted by atomic mass is 10.1. The van der Waals surface area contributed by atoms with Crippen LogP contribution in [0.5, 0.6) is 0 Å². The second-order valence-electron chi connectivity index (χ2n) is 8.46. The van der Waals surface area contributed by atoms with E-state index in [0.29, 0.717) is 34.3 Å². The highest BCUT2D eigenvalue weighted by molar-refractivity contribution is 7.92. The molecule has 0 saturated heterocycles. The standard InChI is InChI=1S/C25H33Cl2N3O4S/c1-6-13-28-25(32)22(7-2)29(15-19-11-12-20(26)14-21(19)27)24(31)16-30(35(5,33)34)23-10-8-9-17(3)18(23)4/h8-12,14,22H,6-7,13,15-16H2,1-5H3,(H,28,32). The van der Waals surface area contributed by atoms with Gasteiger partial charge >= 0.3 is 0 Å². The molecule has 0 fully saturated rings. The molecule has 1 N–H and O–H groups in total. The number of sulfonamides is 1. The average molecular weight is 543 g/mol. The maximum Gasteiger partial charge on any atom is 0.244 e. The quantitative estimate of drug-likeness (QED) is 0.446. The van der Waals surface area contributed by atoms with E-state index in [2.05, 4.69) is 5.32 Å². The zero-order valence-electron chi connectivity index (χ0n) is 20.8. The van der Waals surface area contributed by atoms with Gasteiger partial charge in [-0.3, -0.25) is 13.9 Å². The molecule has 0 aromatic heterocycles. The number of carbonyl (C=O) groups excluding carboxylic acids is 2. The van der Waals surface area contributed by atoms with Crippen molar-refractivity contribution in [3.05, 3.63) is 63.1 Å². The van der Waals surface area contributed by atoms with Gasteiger partial charge in [0.15, 0.2) is 0 Å². The lowest BCUT2D eigenvalue weighted by Gasteiger charge is -2.33. The first-order valence-electron chi connectivity index (χ1n) is 11.5.